The first kappa shape index (κ1) is 19.3. The highest BCUT2D eigenvalue weighted by molar-refractivity contribution is 5.95. The van der Waals surface area contributed by atoms with Crippen molar-refractivity contribution >= 4 is 11.8 Å². The van der Waals surface area contributed by atoms with Gasteiger partial charge in [0.1, 0.15) is 6.10 Å². The van der Waals surface area contributed by atoms with Gasteiger partial charge in [0, 0.05) is 24.9 Å². The topological polar surface area (TPSA) is 63.6 Å². The molecule has 26 heavy (non-hydrogen) atoms. The van der Waals surface area contributed by atoms with Gasteiger partial charge < -0.3 is 9.84 Å². The van der Waals surface area contributed by atoms with Gasteiger partial charge in [-0.05, 0) is 60.2 Å². The van der Waals surface area contributed by atoms with Crippen LogP contribution < -0.4 is 0 Å². The number of aliphatic hydroxyl groups is 1. The molecule has 4 heteroatoms. The fraction of sp³-hybridized carbons (Fsp3) is 0.727. The van der Waals surface area contributed by atoms with Crippen molar-refractivity contribution in [2.45, 2.75) is 66.4 Å². The van der Waals surface area contributed by atoms with E-state index in [1.54, 1.807) is 0 Å². The first-order valence-corrected chi connectivity index (χ1v) is 9.87. The molecule has 0 aromatic heterocycles. The Kier molecular flexibility index (Phi) is 4.93. The van der Waals surface area contributed by atoms with Crippen LogP contribution in [-0.4, -0.2) is 29.6 Å². The molecule has 144 valence electrons. The summed E-state index contributed by atoms with van der Waals surface area (Å²) in [7, 11) is 0. The Hall–Kier alpha value is -1.42. The van der Waals surface area contributed by atoms with Crippen molar-refractivity contribution in [3.8, 4) is 0 Å². The molecule has 3 rings (SSSR count). The maximum Gasteiger partial charge on any atom is 0.302 e. The summed E-state index contributed by atoms with van der Waals surface area (Å²) in [6.45, 7) is 10.0. The molecule has 0 radical (unpaired) electrons. The lowest BCUT2D eigenvalue weighted by Crippen LogP contribution is -2.56. The fourth-order valence-corrected chi connectivity index (χ4v) is 5.65. The summed E-state index contributed by atoms with van der Waals surface area (Å²) < 4.78 is 5.76. The van der Waals surface area contributed by atoms with Crippen molar-refractivity contribution in [2.75, 3.05) is 6.61 Å². The molecule has 0 aromatic carbocycles. The van der Waals surface area contributed by atoms with Gasteiger partial charge in [0.2, 0.25) is 0 Å². The maximum absolute atomic E-state index is 12.8. The van der Waals surface area contributed by atoms with Crippen LogP contribution in [-0.2, 0) is 14.3 Å². The number of fused-ring (bicyclic) bond motifs is 3. The lowest BCUT2D eigenvalue weighted by Gasteiger charge is -2.58. The van der Waals surface area contributed by atoms with E-state index in [0.717, 1.165) is 31.3 Å². The normalized spacial score (nSPS) is 39.7. The van der Waals surface area contributed by atoms with Gasteiger partial charge in [-0.2, -0.15) is 0 Å². The van der Waals surface area contributed by atoms with E-state index in [9.17, 15) is 14.7 Å². The molecule has 5 atom stereocenters. The predicted molar refractivity (Wildman–Crippen MR) is 100 cm³/mol. The standard InChI is InChI=1S/C22H32O4/c1-13(2)16-10-15-6-7-19-21(4,12-23)9-8-20(26-14(3)24)22(19,5)17(15)11-18(16)25/h6,11,13,16,19-20,23H,7-10,12H2,1-5H3. The third-order valence-electron chi connectivity index (χ3n) is 7.30. The second kappa shape index (κ2) is 6.63. The highest BCUT2D eigenvalue weighted by Crippen LogP contribution is 2.61. The van der Waals surface area contributed by atoms with Crippen molar-refractivity contribution in [2.24, 2.45) is 28.6 Å². The highest BCUT2D eigenvalue weighted by Gasteiger charge is 2.58. The molecule has 5 unspecified atom stereocenters. The lowest BCUT2D eigenvalue weighted by atomic mass is 9.48. The SMILES string of the molecule is CC(=O)OC1CCC(C)(CO)C2CC=C3CC(C(C)C)C(=O)C=C3C12C. The Morgan fingerprint density at radius 1 is 1.38 bits per heavy atom. The van der Waals surface area contributed by atoms with E-state index in [4.69, 9.17) is 4.74 Å². The number of esters is 1. The van der Waals surface area contributed by atoms with Crippen LogP contribution in [0.2, 0.25) is 0 Å². The van der Waals surface area contributed by atoms with Gasteiger partial charge in [-0.15, -0.1) is 0 Å². The first-order valence-electron chi connectivity index (χ1n) is 9.87. The molecular weight excluding hydrogens is 328 g/mol. The van der Waals surface area contributed by atoms with Gasteiger partial charge in [-0.25, -0.2) is 0 Å². The minimum absolute atomic E-state index is 0.0325. The third-order valence-corrected chi connectivity index (χ3v) is 7.30. The quantitative estimate of drug-likeness (QED) is 0.777. The van der Waals surface area contributed by atoms with Gasteiger partial charge in [-0.3, -0.25) is 9.59 Å². The van der Waals surface area contributed by atoms with Crippen LogP contribution in [0.1, 0.15) is 60.3 Å². The number of aliphatic hydroxyl groups excluding tert-OH is 1. The average molecular weight is 360 g/mol. The average Bonchev–Trinajstić information content (AvgIpc) is 2.57. The van der Waals surface area contributed by atoms with Crippen LogP contribution in [0, 0.1) is 28.6 Å². The van der Waals surface area contributed by atoms with Gasteiger partial charge in [0.15, 0.2) is 5.78 Å². The number of carbonyl (C=O) groups excluding carboxylic acids is 2. The molecule has 0 saturated heterocycles. The minimum Gasteiger partial charge on any atom is -0.462 e. The molecule has 3 aliphatic carbocycles. The second-order valence-electron chi connectivity index (χ2n) is 9.26. The van der Waals surface area contributed by atoms with E-state index >= 15 is 0 Å². The molecule has 0 aliphatic heterocycles. The monoisotopic (exact) mass is 360 g/mol. The number of ether oxygens (including phenoxy) is 1. The van der Waals surface area contributed by atoms with Gasteiger partial charge in [-0.1, -0.05) is 33.8 Å². The molecule has 1 fully saturated rings. The van der Waals surface area contributed by atoms with Crippen molar-refractivity contribution < 1.29 is 19.4 Å². The zero-order valence-electron chi connectivity index (χ0n) is 16.7. The largest absolute Gasteiger partial charge is 0.462 e. The number of carbonyl (C=O) groups is 2. The van der Waals surface area contributed by atoms with Crippen molar-refractivity contribution in [3.05, 3.63) is 23.3 Å². The molecule has 0 bridgehead atoms. The Morgan fingerprint density at radius 2 is 2.08 bits per heavy atom. The molecule has 1 N–H and O–H groups in total. The van der Waals surface area contributed by atoms with Gasteiger partial charge >= 0.3 is 5.97 Å². The number of hydrogen-bond acceptors (Lipinski definition) is 4. The van der Waals surface area contributed by atoms with E-state index in [0.29, 0.717) is 5.92 Å². The smallest absolute Gasteiger partial charge is 0.302 e. The van der Waals surface area contributed by atoms with E-state index in [2.05, 4.69) is 33.8 Å². The third kappa shape index (κ3) is 2.87. The zero-order valence-corrected chi connectivity index (χ0v) is 16.7. The summed E-state index contributed by atoms with van der Waals surface area (Å²) in [5.41, 5.74) is 1.62. The number of hydrogen-bond donors (Lipinski definition) is 1. The summed E-state index contributed by atoms with van der Waals surface area (Å²) in [6, 6.07) is 0. The Morgan fingerprint density at radius 3 is 2.65 bits per heavy atom. The summed E-state index contributed by atoms with van der Waals surface area (Å²) in [4.78, 5) is 24.6. The maximum atomic E-state index is 12.8. The molecular formula is C22H32O4. The van der Waals surface area contributed by atoms with Crippen LogP contribution in [0.5, 0.6) is 0 Å². The van der Waals surface area contributed by atoms with Crippen molar-refractivity contribution in [1.29, 1.82) is 0 Å². The molecule has 0 aromatic rings. The molecule has 0 amide bonds. The van der Waals surface area contributed by atoms with Crippen molar-refractivity contribution in [1.82, 2.24) is 0 Å². The molecule has 0 spiro atoms. The summed E-state index contributed by atoms with van der Waals surface area (Å²) in [5.74, 6) is 0.403. The summed E-state index contributed by atoms with van der Waals surface area (Å²) in [6.07, 6.45) is 7.01. The number of allylic oxidation sites excluding steroid dienone is 3. The summed E-state index contributed by atoms with van der Waals surface area (Å²) >= 11 is 0. The summed E-state index contributed by atoms with van der Waals surface area (Å²) in [5, 5.41) is 10.1. The van der Waals surface area contributed by atoms with E-state index in [-0.39, 0.29) is 41.7 Å². The Balaban J connectivity index is 2.10. The molecule has 3 aliphatic rings. The van der Waals surface area contributed by atoms with Crippen LogP contribution in [0.25, 0.3) is 0 Å². The van der Waals surface area contributed by atoms with E-state index < -0.39 is 5.41 Å². The number of ketones is 1. The highest BCUT2D eigenvalue weighted by atomic mass is 16.5. The zero-order chi connectivity index (χ0) is 19.3. The Labute approximate surface area is 156 Å². The molecule has 0 heterocycles. The second-order valence-corrected chi connectivity index (χ2v) is 9.26. The Bertz CT molecular complexity index is 674. The van der Waals surface area contributed by atoms with E-state index in [1.165, 1.54) is 12.5 Å². The fourth-order valence-electron chi connectivity index (χ4n) is 5.65. The van der Waals surface area contributed by atoms with Gasteiger partial charge in [0.05, 0.1) is 0 Å². The van der Waals surface area contributed by atoms with E-state index in [1.807, 2.05) is 6.08 Å². The molecule has 1 saturated carbocycles. The first-order chi connectivity index (χ1) is 12.1. The van der Waals surface area contributed by atoms with Crippen LogP contribution in [0.4, 0.5) is 0 Å². The number of rotatable bonds is 3. The van der Waals surface area contributed by atoms with Crippen LogP contribution in [0.3, 0.4) is 0 Å². The minimum atomic E-state index is -0.427. The predicted octanol–water partition coefficient (Wildman–Crippen LogP) is 3.83. The van der Waals surface area contributed by atoms with Crippen LogP contribution in [0.15, 0.2) is 23.3 Å². The lowest BCUT2D eigenvalue weighted by molar-refractivity contribution is -0.167. The molecule has 4 nitrogen and oxygen atoms in total. The van der Waals surface area contributed by atoms with Gasteiger partial charge in [0.25, 0.3) is 0 Å². The van der Waals surface area contributed by atoms with Crippen molar-refractivity contribution in [3.63, 3.8) is 0 Å². The van der Waals surface area contributed by atoms with Crippen LogP contribution >= 0.6 is 0 Å².